The molecule has 0 aromatic heterocycles. The minimum atomic E-state index is -0.202. The van der Waals surface area contributed by atoms with E-state index in [9.17, 15) is 0 Å². The summed E-state index contributed by atoms with van der Waals surface area (Å²) in [7, 11) is 0. The summed E-state index contributed by atoms with van der Waals surface area (Å²) in [6.45, 7) is 16.2. The Labute approximate surface area is 150 Å². The van der Waals surface area contributed by atoms with Crippen molar-refractivity contribution in [1.29, 1.82) is 0 Å². The van der Waals surface area contributed by atoms with Crippen molar-refractivity contribution in [1.82, 2.24) is 0 Å². The van der Waals surface area contributed by atoms with Gasteiger partial charge in [0.1, 0.15) is 0 Å². The SMILES string of the molecule is C[C-](C)C(C)(C)C1CCC(C(C)(C)C(C)(S)S)CC1.[V]. The van der Waals surface area contributed by atoms with Crippen molar-refractivity contribution in [2.45, 2.75) is 78.2 Å². The molecule has 0 heterocycles. The molecule has 0 saturated heterocycles. The molecule has 0 N–H and O–H groups in total. The predicted molar refractivity (Wildman–Crippen MR) is 94.0 cm³/mol. The largest absolute Gasteiger partial charge is 0.314 e. The zero-order valence-electron chi connectivity index (χ0n) is 14.3. The van der Waals surface area contributed by atoms with Crippen LogP contribution in [0, 0.1) is 28.6 Å². The Bertz CT molecular complexity index is 295. The van der Waals surface area contributed by atoms with E-state index in [-0.39, 0.29) is 28.0 Å². The fourth-order valence-electron chi connectivity index (χ4n) is 3.33. The normalized spacial score (nSPS) is 25.5. The second kappa shape index (κ2) is 7.24. The summed E-state index contributed by atoms with van der Waals surface area (Å²) in [5.41, 5.74) is 0.569. The number of thiol groups is 2. The van der Waals surface area contributed by atoms with E-state index in [2.05, 4.69) is 48.5 Å². The van der Waals surface area contributed by atoms with E-state index in [4.69, 9.17) is 25.3 Å². The molecule has 20 heavy (non-hydrogen) atoms. The van der Waals surface area contributed by atoms with Gasteiger partial charge >= 0.3 is 0 Å². The molecule has 1 saturated carbocycles. The molecule has 119 valence electrons. The van der Waals surface area contributed by atoms with Crippen molar-refractivity contribution in [3.63, 3.8) is 0 Å². The molecular formula is C17H33S2V-. The van der Waals surface area contributed by atoms with E-state index in [1.165, 1.54) is 25.7 Å². The first-order valence-corrected chi connectivity index (χ1v) is 8.55. The van der Waals surface area contributed by atoms with Gasteiger partial charge in [-0.2, -0.15) is 44.5 Å². The summed E-state index contributed by atoms with van der Waals surface area (Å²) in [4.78, 5) is 0. The molecule has 0 aliphatic heterocycles. The Kier molecular flexibility index (Phi) is 7.70. The van der Waals surface area contributed by atoms with Crippen molar-refractivity contribution in [3.8, 4) is 0 Å². The second-order valence-corrected chi connectivity index (χ2v) is 10.2. The van der Waals surface area contributed by atoms with E-state index in [0.717, 1.165) is 11.8 Å². The Hall–Kier alpha value is 1.28. The van der Waals surface area contributed by atoms with Crippen molar-refractivity contribution < 1.29 is 18.6 Å². The fraction of sp³-hybridized carbons (Fsp3) is 0.941. The molecule has 0 amide bonds. The van der Waals surface area contributed by atoms with Gasteiger partial charge in [0, 0.05) is 18.6 Å². The van der Waals surface area contributed by atoms with Gasteiger partial charge in [-0.3, -0.25) is 0 Å². The monoisotopic (exact) mass is 352 g/mol. The zero-order chi connectivity index (χ0) is 15.1. The molecule has 0 spiro atoms. The summed E-state index contributed by atoms with van der Waals surface area (Å²) in [5.74, 6) is 3.16. The van der Waals surface area contributed by atoms with Crippen molar-refractivity contribution in [3.05, 3.63) is 5.92 Å². The average molecular weight is 353 g/mol. The van der Waals surface area contributed by atoms with Crippen LogP contribution in [0.4, 0.5) is 0 Å². The maximum absolute atomic E-state index is 4.72. The van der Waals surface area contributed by atoms with Crippen LogP contribution in [0.1, 0.15) is 74.1 Å². The third-order valence-corrected chi connectivity index (χ3v) is 7.43. The van der Waals surface area contributed by atoms with Crippen molar-refractivity contribution in [2.24, 2.45) is 22.7 Å². The Morgan fingerprint density at radius 2 is 1.15 bits per heavy atom. The molecule has 0 unspecified atom stereocenters. The van der Waals surface area contributed by atoms with Gasteiger partial charge in [0.25, 0.3) is 0 Å². The van der Waals surface area contributed by atoms with Crippen LogP contribution >= 0.6 is 25.3 Å². The fourth-order valence-corrected chi connectivity index (χ4v) is 3.70. The maximum Gasteiger partial charge on any atom is 0.0577 e. The van der Waals surface area contributed by atoms with Crippen LogP contribution in [0.2, 0.25) is 0 Å². The molecule has 0 nitrogen and oxygen atoms in total. The smallest absolute Gasteiger partial charge is 0.0577 e. The molecule has 0 bridgehead atoms. The number of hydrogen-bond acceptors (Lipinski definition) is 2. The van der Waals surface area contributed by atoms with Gasteiger partial charge in [-0.25, -0.2) is 0 Å². The molecule has 3 heteroatoms. The Balaban J connectivity index is 0.00000361. The summed E-state index contributed by atoms with van der Waals surface area (Å²) < 4.78 is -0.202. The molecule has 1 radical (unpaired) electrons. The topological polar surface area (TPSA) is 0 Å². The van der Waals surface area contributed by atoms with Gasteiger partial charge in [-0.15, -0.1) is 0 Å². The van der Waals surface area contributed by atoms with Crippen LogP contribution in [0.5, 0.6) is 0 Å². The predicted octanol–water partition coefficient (Wildman–Crippen LogP) is 6.03. The first-order chi connectivity index (χ1) is 8.40. The molecule has 1 aliphatic carbocycles. The zero-order valence-corrected chi connectivity index (χ0v) is 17.5. The quantitative estimate of drug-likeness (QED) is 0.344. The van der Waals surface area contributed by atoms with E-state index in [1.54, 1.807) is 5.92 Å². The minimum absolute atomic E-state index is 0. The second-order valence-electron chi connectivity index (χ2n) is 8.01. The van der Waals surface area contributed by atoms with Crippen LogP contribution in [-0.2, 0) is 18.6 Å². The first kappa shape index (κ1) is 21.3. The molecule has 0 atom stereocenters. The molecule has 1 aliphatic rings. The van der Waals surface area contributed by atoms with Crippen LogP contribution < -0.4 is 0 Å². The molecule has 0 aromatic carbocycles. The van der Waals surface area contributed by atoms with E-state index in [1.807, 2.05) is 0 Å². The molecular weight excluding hydrogens is 319 g/mol. The van der Waals surface area contributed by atoms with Gasteiger partial charge in [0.2, 0.25) is 0 Å². The van der Waals surface area contributed by atoms with Crippen molar-refractivity contribution in [2.75, 3.05) is 0 Å². The summed E-state index contributed by atoms with van der Waals surface area (Å²) in [5, 5.41) is 0. The minimum Gasteiger partial charge on any atom is -0.314 e. The maximum atomic E-state index is 4.72. The number of rotatable bonds is 4. The van der Waals surface area contributed by atoms with Gasteiger partial charge < -0.3 is 5.92 Å². The third-order valence-electron chi connectivity index (χ3n) is 6.28. The summed E-state index contributed by atoms with van der Waals surface area (Å²) >= 11 is 9.44. The Morgan fingerprint density at radius 1 is 0.800 bits per heavy atom. The Morgan fingerprint density at radius 3 is 1.45 bits per heavy atom. The first-order valence-electron chi connectivity index (χ1n) is 7.66. The van der Waals surface area contributed by atoms with Gasteiger partial charge in [0.15, 0.2) is 0 Å². The number of hydrogen-bond donors (Lipinski definition) is 2. The van der Waals surface area contributed by atoms with E-state index in [0.29, 0.717) is 5.41 Å². The van der Waals surface area contributed by atoms with Gasteiger partial charge in [0.05, 0.1) is 4.08 Å². The third kappa shape index (κ3) is 4.40. The van der Waals surface area contributed by atoms with Crippen LogP contribution in [0.3, 0.4) is 0 Å². The standard InChI is InChI=1S/C17H33S2.V/c1-12(2)15(3,4)13-8-10-14(11-9-13)16(5,6)17(7,18)19;/h13-14,18-19H,8-11H2,1-7H3;/q-1;. The van der Waals surface area contributed by atoms with Gasteiger partial charge in [-0.1, -0.05) is 46.5 Å². The molecule has 1 rings (SSSR count). The van der Waals surface area contributed by atoms with E-state index >= 15 is 0 Å². The van der Waals surface area contributed by atoms with Gasteiger partial charge in [-0.05, 0) is 31.1 Å². The molecule has 1 fully saturated rings. The summed E-state index contributed by atoms with van der Waals surface area (Å²) in [6, 6.07) is 0. The van der Waals surface area contributed by atoms with Crippen LogP contribution in [0.15, 0.2) is 0 Å². The summed E-state index contributed by atoms with van der Waals surface area (Å²) in [6.07, 6.45) is 5.35. The van der Waals surface area contributed by atoms with Crippen LogP contribution in [-0.4, -0.2) is 4.08 Å². The van der Waals surface area contributed by atoms with Crippen LogP contribution in [0.25, 0.3) is 0 Å². The average Bonchev–Trinajstić information content (AvgIpc) is 2.27. The van der Waals surface area contributed by atoms with E-state index < -0.39 is 0 Å². The molecule has 0 aromatic rings. The van der Waals surface area contributed by atoms with Crippen molar-refractivity contribution >= 4 is 25.3 Å².